The van der Waals surface area contributed by atoms with E-state index < -0.39 is 29.2 Å². The highest BCUT2D eigenvalue weighted by Gasteiger charge is 2.20. The molecule has 7 heteroatoms. The molecule has 1 aromatic carbocycles. The standard InChI is InChI=1S/C12H8F4N2O/c1-19-7-4-2-3-6(5-7)17-10-8(13)11(15)18-12(16)9(10)14/h2-5H,1H3,(H,17,18). The van der Waals surface area contributed by atoms with Crippen molar-refractivity contribution in [1.29, 1.82) is 0 Å². The summed E-state index contributed by atoms with van der Waals surface area (Å²) in [7, 11) is 1.41. The smallest absolute Gasteiger partial charge is 0.253 e. The van der Waals surface area contributed by atoms with Gasteiger partial charge in [0.1, 0.15) is 11.4 Å². The van der Waals surface area contributed by atoms with Gasteiger partial charge in [0.25, 0.3) is 11.9 Å². The molecule has 0 atom stereocenters. The Hall–Kier alpha value is -2.31. The highest BCUT2D eigenvalue weighted by Crippen LogP contribution is 2.27. The minimum absolute atomic E-state index is 0.210. The zero-order valence-electron chi connectivity index (χ0n) is 9.68. The third kappa shape index (κ3) is 2.59. The summed E-state index contributed by atoms with van der Waals surface area (Å²) in [4.78, 5) is 2.46. The van der Waals surface area contributed by atoms with E-state index in [0.29, 0.717) is 5.75 Å². The number of hydrogen-bond acceptors (Lipinski definition) is 3. The van der Waals surface area contributed by atoms with Crippen LogP contribution in [0.15, 0.2) is 24.3 Å². The number of aromatic nitrogens is 1. The van der Waals surface area contributed by atoms with Crippen molar-refractivity contribution in [3.8, 4) is 5.75 Å². The minimum atomic E-state index is -1.72. The lowest BCUT2D eigenvalue weighted by molar-refractivity contribution is 0.411. The Kier molecular flexibility index (Phi) is 3.55. The largest absolute Gasteiger partial charge is 0.497 e. The van der Waals surface area contributed by atoms with E-state index in [1.54, 1.807) is 12.1 Å². The molecule has 0 unspecified atom stereocenters. The van der Waals surface area contributed by atoms with Gasteiger partial charge >= 0.3 is 0 Å². The van der Waals surface area contributed by atoms with Gasteiger partial charge in [0.2, 0.25) is 11.6 Å². The third-order valence-electron chi connectivity index (χ3n) is 2.34. The summed E-state index contributed by atoms with van der Waals surface area (Å²) in [6, 6.07) is 6.02. The van der Waals surface area contributed by atoms with Gasteiger partial charge in [0.05, 0.1) is 7.11 Å². The summed E-state index contributed by atoms with van der Waals surface area (Å²) >= 11 is 0. The number of benzene rings is 1. The number of hydrogen-bond donors (Lipinski definition) is 1. The van der Waals surface area contributed by atoms with Crippen LogP contribution >= 0.6 is 0 Å². The Balaban J connectivity index is 2.43. The van der Waals surface area contributed by atoms with Crippen LogP contribution < -0.4 is 10.1 Å². The van der Waals surface area contributed by atoms with Crippen LogP contribution in [0.25, 0.3) is 0 Å². The average Bonchev–Trinajstić information content (AvgIpc) is 2.41. The number of anilines is 2. The second-order valence-electron chi connectivity index (χ2n) is 3.55. The van der Waals surface area contributed by atoms with Crippen LogP contribution in [0.3, 0.4) is 0 Å². The van der Waals surface area contributed by atoms with Gasteiger partial charge in [-0.3, -0.25) is 0 Å². The number of rotatable bonds is 3. The zero-order chi connectivity index (χ0) is 14.0. The Labute approximate surface area is 105 Å². The lowest BCUT2D eigenvalue weighted by Gasteiger charge is -2.10. The fourth-order valence-corrected chi connectivity index (χ4v) is 1.44. The van der Waals surface area contributed by atoms with Crippen molar-refractivity contribution in [2.45, 2.75) is 0 Å². The molecule has 0 fully saturated rings. The molecule has 0 aliphatic heterocycles. The average molecular weight is 272 g/mol. The van der Waals surface area contributed by atoms with E-state index in [9.17, 15) is 17.6 Å². The van der Waals surface area contributed by atoms with E-state index in [1.165, 1.54) is 19.2 Å². The first-order chi connectivity index (χ1) is 9.02. The molecule has 2 aromatic rings. The lowest BCUT2D eigenvalue weighted by atomic mass is 10.2. The van der Waals surface area contributed by atoms with Gasteiger partial charge in [-0.05, 0) is 12.1 Å². The van der Waals surface area contributed by atoms with Crippen LogP contribution in [0, 0.1) is 23.5 Å². The SMILES string of the molecule is COc1cccc(Nc2c(F)c(F)nc(F)c2F)c1. The molecule has 0 aliphatic rings. The van der Waals surface area contributed by atoms with Crippen LogP contribution in [0.5, 0.6) is 5.75 Å². The van der Waals surface area contributed by atoms with Crippen molar-refractivity contribution < 1.29 is 22.3 Å². The van der Waals surface area contributed by atoms with Gasteiger partial charge in [0, 0.05) is 11.8 Å². The number of halogens is 4. The summed E-state index contributed by atoms with van der Waals surface area (Å²) < 4.78 is 57.5. The van der Waals surface area contributed by atoms with Gasteiger partial charge < -0.3 is 10.1 Å². The molecule has 0 radical (unpaired) electrons. The van der Waals surface area contributed by atoms with Crippen LogP contribution in [0.1, 0.15) is 0 Å². The number of ether oxygens (including phenoxy) is 1. The Bertz CT molecular complexity index is 593. The monoisotopic (exact) mass is 272 g/mol. The van der Waals surface area contributed by atoms with Crippen LogP contribution in [0.2, 0.25) is 0 Å². The number of pyridine rings is 1. The molecule has 0 spiro atoms. The number of nitrogens with zero attached hydrogens (tertiary/aromatic N) is 1. The highest BCUT2D eigenvalue weighted by molar-refractivity contribution is 5.62. The number of nitrogens with one attached hydrogen (secondary N) is 1. The maximum atomic E-state index is 13.4. The molecule has 1 aromatic heterocycles. The Morgan fingerprint density at radius 1 is 1.05 bits per heavy atom. The molecule has 1 N–H and O–H groups in total. The molecule has 19 heavy (non-hydrogen) atoms. The summed E-state index contributed by atoms with van der Waals surface area (Å²) in [6.07, 6.45) is 0. The van der Waals surface area contributed by atoms with Crippen molar-refractivity contribution >= 4 is 11.4 Å². The van der Waals surface area contributed by atoms with Crippen molar-refractivity contribution in [1.82, 2.24) is 4.98 Å². The molecular weight excluding hydrogens is 264 g/mol. The molecule has 2 rings (SSSR count). The predicted molar refractivity (Wildman–Crippen MR) is 60.3 cm³/mol. The Morgan fingerprint density at radius 2 is 1.68 bits per heavy atom. The first kappa shape index (κ1) is 13.1. The minimum Gasteiger partial charge on any atom is -0.497 e. The first-order valence-corrected chi connectivity index (χ1v) is 5.14. The van der Waals surface area contributed by atoms with E-state index in [2.05, 4.69) is 10.3 Å². The first-order valence-electron chi connectivity index (χ1n) is 5.14. The van der Waals surface area contributed by atoms with Crippen molar-refractivity contribution in [3.63, 3.8) is 0 Å². The normalized spacial score (nSPS) is 10.4. The maximum absolute atomic E-state index is 13.4. The number of methoxy groups -OCH3 is 1. The maximum Gasteiger partial charge on any atom is 0.253 e. The molecule has 1 heterocycles. The van der Waals surface area contributed by atoms with Crippen LogP contribution in [0.4, 0.5) is 28.9 Å². The molecule has 0 aliphatic carbocycles. The third-order valence-corrected chi connectivity index (χ3v) is 2.34. The quantitative estimate of drug-likeness (QED) is 0.687. The van der Waals surface area contributed by atoms with E-state index >= 15 is 0 Å². The van der Waals surface area contributed by atoms with Crippen molar-refractivity contribution in [2.75, 3.05) is 12.4 Å². The molecule has 0 amide bonds. The zero-order valence-corrected chi connectivity index (χ0v) is 9.68. The van der Waals surface area contributed by atoms with E-state index in [4.69, 9.17) is 4.74 Å². The van der Waals surface area contributed by atoms with Crippen molar-refractivity contribution in [3.05, 3.63) is 47.8 Å². The van der Waals surface area contributed by atoms with Gasteiger partial charge in [-0.1, -0.05) is 6.07 Å². The molecule has 100 valence electrons. The summed E-state index contributed by atoms with van der Waals surface area (Å²) in [5.41, 5.74) is -0.736. The van der Waals surface area contributed by atoms with Gasteiger partial charge in [-0.25, -0.2) is 0 Å². The molecule has 0 bridgehead atoms. The highest BCUT2D eigenvalue weighted by atomic mass is 19.2. The summed E-state index contributed by atoms with van der Waals surface area (Å²) in [5, 5.41) is 2.25. The Morgan fingerprint density at radius 3 is 2.26 bits per heavy atom. The van der Waals surface area contributed by atoms with Gasteiger partial charge in [-0.2, -0.15) is 22.5 Å². The van der Waals surface area contributed by atoms with E-state index in [1.807, 2.05) is 0 Å². The second-order valence-corrected chi connectivity index (χ2v) is 3.55. The fraction of sp³-hybridized carbons (Fsp3) is 0.0833. The van der Waals surface area contributed by atoms with Crippen LogP contribution in [-0.4, -0.2) is 12.1 Å². The predicted octanol–water partition coefficient (Wildman–Crippen LogP) is 3.39. The fourth-order valence-electron chi connectivity index (χ4n) is 1.44. The molecule has 0 saturated heterocycles. The molecule has 3 nitrogen and oxygen atoms in total. The topological polar surface area (TPSA) is 34.1 Å². The lowest BCUT2D eigenvalue weighted by Crippen LogP contribution is -2.06. The van der Waals surface area contributed by atoms with E-state index in [0.717, 1.165) is 0 Å². The van der Waals surface area contributed by atoms with Crippen LogP contribution in [-0.2, 0) is 0 Å². The summed E-state index contributed by atoms with van der Waals surface area (Å²) in [5.74, 6) is -6.21. The molecular formula is C12H8F4N2O. The van der Waals surface area contributed by atoms with Crippen molar-refractivity contribution in [2.24, 2.45) is 0 Å². The second kappa shape index (κ2) is 5.13. The summed E-state index contributed by atoms with van der Waals surface area (Å²) in [6.45, 7) is 0. The van der Waals surface area contributed by atoms with E-state index in [-0.39, 0.29) is 5.69 Å². The van der Waals surface area contributed by atoms with Gasteiger partial charge in [-0.15, -0.1) is 0 Å². The molecule has 0 saturated carbocycles. The van der Waals surface area contributed by atoms with Gasteiger partial charge in [0.15, 0.2) is 0 Å².